The van der Waals surface area contributed by atoms with E-state index in [2.05, 4.69) is 205 Å². The Hall–Kier alpha value is -7.22. The van der Waals surface area contributed by atoms with Crippen LogP contribution in [0.25, 0.3) is 97.3 Å². The second-order valence-electron chi connectivity index (χ2n) is 14.9. The van der Waals surface area contributed by atoms with E-state index >= 15 is 0 Å². The first kappa shape index (κ1) is 30.3. The molecule has 0 spiro atoms. The summed E-state index contributed by atoms with van der Waals surface area (Å²) in [5.74, 6) is 0. The Morgan fingerprint density at radius 3 is 1.36 bits per heavy atom. The smallest absolute Gasteiger partial charge is 0.0474 e. The minimum atomic E-state index is 1.12. The summed E-state index contributed by atoms with van der Waals surface area (Å²) in [7, 11) is 0. The van der Waals surface area contributed by atoms with Gasteiger partial charge in [-0.2, -0.15) is 0 Å². The van der Waals surface area contributed by atoms with E-state index in [0.29, 0.717) is 0 Å². The van der Waals surface area contributed by atoms with Crippen molar-refractivity contribution in [2.45, 2.75) is 0 Å². The molecule has 1 heteroatoms. The molecule has 12 rings (SSSR count). The Balaban J connectivity index is 1.20. The molecule has 0 aromatic heterocycles. The fraction of sp³-hybridized carbons (Fsp3) is 0. The summed E-state index contributed by atoms with van der Waals surface area (Å²) in [5, 5.41) is 20.4. The van der Waals surface area contributed by atoms with Crippen molar-refractivity contribution in [3.8, 4) is 11.1 Å². The van der Waals surface area contributed by atoms with E-state index in [1.165, 1.54) is 97.3 Å². The summed E-state index contributed by atoms with van der Waals surface area (Å²) >= 11 is 0. The van der Waals surface area contributed by atoms with Crippen molar-refractivity contribution >= 4 is 103 Å². The molecule has 0 bridgehead atoms. The van der Waals surface area contributed by atoms with Gasteiger partial charge in [-0.25, -0.2) is 0 Å². The summed E-state index contributed by atoms with van der Waals surface area (Å²) in [6.07, 6.45) is 0. The molecule has 0 atom stereocenters. The number of benzene rings is 11. The van der Waals surface area contributed by atoms with Gasteiger partial charge in [0, 0.05) is 17.1 Å². The SMILES string of the molecule is c1ccc(-c2ccc(N(c3ccc4c(ccc5ccccc54)c3)c3cc4ccc5cccc6c7cccc8ccc9cccc(c(c3)c4c56)c9c87)cc2)cc1. The number of rotatable bonds is 4. The fourth-order valence-electron chi connectivity index (χ4n) is 9.42. The lowest BCUT2D eigenvalue weighted by Crippen LogP contribution is -2.10. The average Bonchev–Trinajstić information content (AvgIpc) is 3.25. The van der Waals surface area contributed by atoms with Crippen molar-refractivity contribution in [2.75, 3.05) is 4.90 Å². The van der Waals surface area contributed by atoms with Crippen LogP contribution in [-0.4, -0.2) is 0 Å². The maximum Gasteiger partial charge on any atom is 0.0474 e. The van der Waals surface area contributed by atoms with Crippen LogP contribution in [0.15, 0.2) is 200 Å². The Kier molecular flexibility index (Phi) is 6.40. The molecular formula is C54H33N. The Bertz CT molecular complexity index is 3460. The summed E-state index contributed by atoms with van der Waals surface area (Å²) in [4.78, 5) is 2.45. The van der Waals surface area contributed by atoms with Crippen LogP contribution in [0.4, 0.5) is 17.1 Å². The number of nitrogens with zero attached hydrogens (tertiary/aromatic N) is 1. The Labute approximate surface area is 318 Å². The molecule has 0 aliphatic heterocycles. The standard InChI is InChI=1S/C54H33N/c1-2-9-34(10-3-1)35-25-27-42(28-26-35)55(43-29-30-46-40(31-43)23-19-36-11-4-5-15-45(36)46)44-32-41-24-22-39-13-7-17-48-47-16-6-12-37-20-21-38-14-8-18-49(53(38)51(37)47)50(33-44)54(41)52(39)48/h1-33H. The zero-order chi connectivity index (χ0) is 36.0. The van der Waals surface area contributed by atoms with Crippen LogP contribution < -0.4 is 4.90 Å². The molecule has 12 aromatic rings. The minimum Gasteiger partial charge on any atom is -0.310 e. The summed E-state index contributed by atoms with van der Waals surface area (Å²) in [6, 6.07) is 74.3. The van der Waals surface area contributed by atoms with E-state index in [-0.39, 0.29) is 0 Å². The van der Waals surface area contributed by atoms with Crippen LogP contribution >= 0.6 is 0 Å². The molecule has 254 valence electrons. The topological polar surface area (TPSA) is 3.24 Å². The highest BCUT2D eigenvalue weighted by Crippen LogP contribution is 2.46. The third-order valence-electron chi connectivity index (χ3n) is 11.9. The summed E-state index contributed by atoms with van der Waals surface area (Å²) < 4.78 is 0. The lowest BCUT2D eigenvalue weighted by molar-refractivity contribution is 1.30. The van der Waals surface area contributed by atoms with Crippen LogP contribution in [0.2, 0.25) is 0 Å². The van der Waals surface area contributed by atoms with E-state index in [9.17, 15) is 0 Å². The monoisotopic (exact) mass is 695 g/mol. The first-order valence-electron chi connectivity index (χ1n) is 19.1. The Morgan fingerprint density at radius 1 is 0.218 bits per heavy atom. The molecule has 0 fully saturated rings. The first-order chi connectivity index (χ1) is 27.3. The van der Waals surface area contributed by atoms with Crippen LogP contribution in [-0.2, 0) is 0 Å². The molecule has 55 heavy (non-hydrogen) atoms. The predicted octanol–water partition coefficient (Wildman–Crippen LogP) is 15.5. The molecule has 0 radical (unpaired) electrons. The van der Waals surface area contributed by atoms with Crippen molar-refractivity contribution < 1.29 is 0 Å². The quantitative estimate of drug-likeness (QED) is 0.166. The maximum absolute atomic E-state index is 2.45. The van der Waals surface area contributed by atoms with Gasteiger partial charge in [0.25, 0.3) is 0 Å². The number of fused-ring (bicyclic) bond motifs is 5. The first-order valence-corrected chi connectivity index (χ1v) is 19.1. The van der Waals surface area contributed by atoms with Crippen molar-refractivity contribution in [1.82, 2.24) is 0 Å². The molecule has 0 aliphatic carbocycles. The highest BCUT2D eigenvalue weighted by Gasteiger charge is 2.20. The lowest BCUT2D eigenvalue weighted by atomic mass is 9.87. The highest BCUT2D eigenvalue weighted by atomic mass is 15.1. The lowest BCUT2D eigenvalue weighted by Gasteiger charge is -2.27. The van der Waals surface area contributed by atoms with E-state index in [1.807, 2.05) is 0 Å². The zero-order valence-electron chi connectivity index (χ0n) is 30.0. The molecule has 0 amide bonds. The molecule has 0 unspecified atom stereocenters. The maximum atomic E-state index is 2.45. The van der Waals surface area contributed by atoms with Gasteiger partial charge in [-0.15, -0.1) is 0 Å². The summed E-state index contributed by atoms with van der Waals surface area (Å²) in [5.41, 5.74) is 5.79. The third-order valence-corrected chi connectivity index (χ3v) is 11.9. The predicted molar refractivity (Wildman–Crippen MR) is 238 cm³/mol. The normalized spacial score (nSPS) is 12.0. The van der Waals surface area contributed by atoms with Crippen molar-refractivity contribution in [3.05, 3.63) is 200 Å². The molecule has 0 saturated heterocycles. The molecule has 0 heterocycles. The van der Waals surface area contributed by atoms with E-state index in [4.69, 9.17) is 0 Å². The van der Waals surface area contributed by atoms with Gasteiger partial charge >= 0.3 is 0 Å². The number of hydrogen-bond acceptors (Lipinski definition) is 1. The number of hydrogen-bond donors (Lipinski definition) is 0. The zero-order valence-corrected chi connectivity index (χ0v) is 30.0. The van der Waals surface area contributed by atoms with Gasteiger partial charge in [-0.05, 0) is 134 Å². The van der Waals surface area contributed by atoms with Gasteiger partial charge in [-0.3, -0.25) is 0 Å². The van der Waals surface area contributed by atoms with Crippen molar-refractivity contribution in [1.29, 1.82) is 0 Å². The summed E-state index contributed by atoms with van der Waals surface area (Å²) in [6.45, 7) is 0. The Morgan fingerprint density at radius 2 is 0.673 bits per heavy atom. The highest BCUT2D eigenvalue weighted by molar-refractivity contribution is 6.37. The van der Waals surface area contributed by atoms with Crippen molar-refractivity contribution in [2.24, 2.45) is 0 Å². The molecular weight excluding hydrogens is 663 g/mol. The molecule has 12 aromatic carbocycles. The molecule has 0 saturated carbocycles. The van der Waals surface area contributed by atoms with E-state index < -0.39 is 0 Å². The van der Waals surface area contributed by atoms with Gasteiger partial charge < -0.3 is 4.90 Å². The third kappa shape index (κ3) is 4.54. The second-order valence-corrected chi connectivity index (χ2v) is 14.9. The fourth-order valence-corrected chi connectivity index (χ4v) is 9.42. The van der Waals surface area contributed by atoms with Gasteiger partial charge in [0.1, 0.15) is 0 Å². The second kappa shape index (κ2) is 11.6. The molecule has 1 nitrogen and oxygen atoms in total. The van der Waals surface area contributed by atoms with Crippen molar-refractivity contribution in [3.63, 3.8) is 0 Å². The largest absolute Gasteiger partial charge is 0.310 e. The molecule has 0 N–H and O–H groups in total. The van der Waals surface area contributed by atoms with Crippen LogP contribution in [0, 0.1) is 0 Å². The van der Waals surface area contributed by atoms with Crippen LogP contribution in [0.5, 0.6) is 0 Å². The number of anilines is 3. The van der Waals surface area contributed by atoms with Gasteiger partial charge in [-0.1, -0.05) is 164 Å². The van der Waals surface area contributed by atoms with Crippen LogP contribution in [0.3, 0.4) is 0 Å². The van der Waals surface area contributed by atoms with Gasteiger partial charge in [0.15, 0.2) is 0 Å². The van der Waals surface area contributed by atoms with Gasteiger partial charge in [0.05, 0.1) is 0 Å². The van der Waals surface area contributed by atoms with Gasteiger partial charge in [0.2, 0.25) is 0 Å². The van der Waals surface area contributed by atoms with Crippen LogP contribution in [0.1, 0.15) is 0 Å². The van der Waals surface area contributed by atoms with E-state index in [0.717, 1.165) is 17.1 Å². The average molecular weight is 696 g/mol. The minimum absolute atomic E-state index is 1.12. The van der Waals surface area contributed by atoms with E-state index in [1.54, 1.807) is 0 Å². The molecule has 0 aliphatic rings.